The van der Waals surface area contributed by atoms with E-state index in [1.54, 1.807) is 0 Å². The van der Waals surface area contributed by atoms with Gasteiger partial charge in [-0.15, -0.1) is 0 Å². The number of rotatable bonds is 4. The summed E-state index contributed by atoms with van der Waals surface area (Å²) < 4.78 is 0.863. The number of carbonyl (C=O) groups excluding carboxylic acids is 1. The minimum Gasteiger partial charge on any atom is -0.294 e. The summed E-state index contributed by atoms with van der Waals surface area (Å²) >= 11 is 3.39. The lowest BCUT2D eigenvalue weighted by molar-refractivity contribution is 0.0991. The Morgan fingerprint density at radius 1 is 1.47 bits per heavy atom. The van der Waals surface area contributed by atoms with Gasteiger partial charge < -0.3 is 0 Å². The van der Waals surface area contributed by atoms with E-state index in [0.717, 1.165) is 27.6 Å². The predicted molar refractivity (Wildman–Crippen MR) is 67.3 cm³/mol. The van der Waals surface area contributed by atoms with Gasteiger partial charge in [-0.1, -0.05) is 46.6 Å². The zero-order valence-electron chi connectivity index (χ0n) is 9.14. The smallest absolute Gasteiger partial charge is 0.168 e. The van der Waals surface area contributed by atoms with Crippen LogP contribution in [0.5, 0.6) is 0 Å². The van der Waals surface area contributed by atoms with Gasteiger partial charge in [-0.3, -0.25) is 4.79 Å². The number of aryl methyl sites for hydroxylation is 1. The number of hydrogen-bond acceptors (Lipinski definition) is 1. The second kappa shape index (κ2) is 5.26. The van der Waals surface area contributed by atoms with Gasteiger partial charge in [0.1, 0.15) is 0 Å². The maximum Gasteiger partial charge on any atom is 0.168 e. The highest BCUT2D eigenvalue weighted by molar-refractivity contribution is 9.10. The Morgan fingerprint density at radius 3 is 2.73 bits per heavy atom. The van der Waals surface area contributed by atoms with E-state index in [4.69, 9.17) is 0 Å². The molecule has 1 nitrogen and oxygen atoms in total. The van der Waals surface area contributed by atoms with Gasteiger partial charge in [0, 0.05) is 16.5 Å². The van der Waals surface area contributed by atoms with Crippen molar-refractivity contribution in [2.75, 3.05) is 0 Å². The standard InChI is InChI=1S/C13H15BrO/c1-4-9(2)8-13(15)11-7-10(3)5-6-12(11)14/h5-7H,2,4,8H2,1,3H3. The molecule has 0 atom stereocenters. The Labute approximate surface area is 99.3 Å². The molecular weight excluding hydrogens is 252 g/mol. The molecule has 80 valence electrons. The summed E-state index contributed by atoms with van der Waals surface area (Å²) in [7, 11) is 0. The molecule has 0 aliphatic carbocycles. The van der Waals surface area contributed by atoms with Crippen LogP contribution in [0.2, 0.25) is 0 Å². The van der Waals surface area contributed by atoms with Gasteiger partial charge in [-0.2, -0.15) is 0 Å². The van der Waals surface area contributed by atoms with Crippen LogP contribution in [0.4, 0.5) is 0 Å². The molecule has 0 saturated heterocycles. The van der Waals surface area contributed by atoms with Crippen LogP contribution in [0.1, 0.15) is 35.7 Å². The van der Waals surface area contributed by atoms with Gasteiger partial charge in [0.2, 0.25) is 0 Å². The molecule has 1 aromatic rings. The van der Waals surface area contributed by atoms with Gasteiger partial charge in [-0.05, 0) is 25.5 Å². The number of Topliss-reactive ketones (excluding diaryl/α,β-unsaturated/α-hetero) is 1. The summed E-state index contributed by atoms with van der Waals surface area (Å²) in [6.45, 7) is 7.85. The summed E-state index contributed by atoms with van der Waals surface area (Å²) in [6, 6.07) is 5.81. The Balaban J connectivity index is 2.91. The molecule has 1 aromatic carbocycles. The van der Waals surface area contributed by atoms with Crippen molar-refractivity contribution in [1.82, 2.24) is 0 Å². The first-order valence-corrected chi connectivity index (χ1v) is 5.80. The average molecular weight is 267 g/mol. The highest BCUT2D eigenvalue weighted by Crippen LogP contribution is 2.21. The molecule has 0 radical (unpaired) electrons. The molecule has 0 saturated carbocycles. The number of hydrogen-bond donors (Lipinski definition) is 0. The lowest BCUT2D eigenvalue weighted by Crippen LogP contribution is -2.01. The van der Waals surface area contributed by atoms with E-state index in [1.165, 1.54) is 0 Å². The molecule has 0 aliphatic heterocycles. The van der Waals surface area contributed by atoms with Crippen LogP contribution in [-0.2, 0) is 0 Å². The summed E-state index contributed by atoms with van der Waals surface area (Å²) in [5.74, 6) is 0.137. The first-order chi connectivity index (χ1) is 7.04. The molecule has 0 unspecified atom stereocenters. The Kier molecular flexibility index (Phi) is 4.28. The quantitative estimate of drug-likeness (QED) is 0.587. The molecule has 0 heterocycles. The molecule has 0 N–H and O–H groups in total. The van der Waals surface area contributed by atoms with Gasteiger partial charge in [-0.25, -0.2) is 0 Å². The molecule has 0 fully saturated rings. The second-order valence-corrected chi connectivity index (χ2v) is 4.54. The summed E-state index contributed by atoms with van der Waals surface area (Å²) in [6.07, 6.45) is 1.30. The fraction of sp³-hybridized carbons (Fsp3) is 0.308. The largest absolute Gasteiger partial charge is 0.294 e. The van der Waals surface area contributed by atoms with Crippen LogP contribution in [0, 0.1) is 6.92 Å². The zero-order chi connectivity index (χ0) is 11.4. The molecule has 0 aromatic heterocycles. The lowest BCUT2D eigenvalue weighted by atomic mass is 10.0. The Morgan fingerprint density at radius 2 is 2.13 bits per heavy atom. The Bertz CT molecular complexity index is 394. The zero-order valence-corrected chi connectivity index (χ0v) is 10.7. The van der Waals surface area contributed by atoms with Crippen molar-refractivity contribution in [2.24, 2.45) is 0 Å². The summed E-state index contributed by atoms with van der Waals surface area (Å²) in [4.78, 5) is 11.9. The minimum absolute atomic E-state index is 0.137. The molecule has 0 aliphatic rings. The monoisotopic (exact) mass is 266 g/mol. The average Bonchev–Trinajstić information content (AvgIpc) is 2.21. The minimum atomic E-state index is 0.137. The maximum atomic E-state index is 11.9. The van der Waals surface area contributed by atoms with Crippen molar-refractivity contribution in [2.45, 2.75) is 26.7 Å². The first kappa shape index (κ1) is 12.2. The van der Waals surface area contributed by atoms with Gasteiger partial charge in [0.05, 0.1) is 0 Å². The van der Waals surface area contributed by atoms with Crippen LogP contribution < -0.4 is 0 Å². The van der Waals surface area contributed by atoms with E-state index < -0.39 is 0 Å². The fourth-order valence-electron chi connectivity index (χ4n) is 1.30. The number of halogens is 1. The maximum absolute atomic E-state index is 11.9. The third-order valence-corrected chi connectivity index (χ3v) is 3.02. The SMILES string of the molecule is C=C(CC)CC(=O)c1cc(C)ccc1Br. The molecule has 1 rings (SSSR count). The highest BCUT2D eigenvalue weighted by Gasteiger charge is 2.10. The highest BCUT2D eigenvalue weighted by atomic mass is 79.9. The molecule has 2 heteroatoms. The number of benzene rings is 1. The van der Waals surface area contributed by atoms with Gasteiger partial charge >= 0.3 is 0 Å². The first-order valence-electron chi connectivity index (χ1n) is 5.00. The molecule has 0 amide bonds. The molecule has 0 bridgehead atoms. The Hall–Kier alpha value is -0.890. The second-order valence-electron chi connectivity index (χ2n) is 3.69. The van der Waals surface area contributed by atoms with Crippen LogP contribution in [0.3, 0.4) is 0 Å². The molecular formula is C13H15BrO. The third kappa shape index (κ3) is 3.31. The normalized spacial score (nSPS) is 10.1. The van der Waals surface area contributed by atoms with Gasteiger partial charge in [0.25, 0.3) is 0 Å². The van der Waals surface area contributed by atoms with Crippen molar-refractivity contribution in [3.05, 3.63) is 46.0 Å². The summed E-state index contributed by atoms with van der Waals surface area (Å²) in [5, 5.41) is 0. The van der Waals surface area contributed by atoms with Crippen molar-refractivity contribution < 1.29 is 4.79 Å². The van der Waals surface area contributed by atoms with E-state index in [1.807, 2.05) is 32.0 Å². The lowest BCUT2D eigenvalue weighted by Gasteiger charge is -2.05. The van der Waals surface area contributed by atoms with Crippen molar-refractivity contribution >= 4 is 21.7 Å². The molecule has 15 heavy (non-hydrogen) atoms. The molecule has 0 spiro atoms. The van der Waals surface area contributed by atoms with E-state index in [-0.39, 0.29) is 5.78 Å². The van der Waals surface area contributed by atoms with Crippen molar-refractivity contribution in [1.29, 1.82) is 0 Å². The van der Waals surface area contributed by atoms with Crippen molar-refractivity contribution in [3.63, 3.8) is 0 Å². The van der Waals surface area contributed by atoms with Gasteiger partial charge in [0.15, 0.2) is 5.78 Å². The van der Waals surface area contributed by atoms with E-state index >= 15 is 0 Å². The fourth-order valence-corrected chi connectivity index (χ4v) is 1.77. The predicted octanol–water partition coefficient (Wildman–Crippen LogP) is 4.30. The topological polar surface area (TPSA) is 17.1 Å². The van der Waals surface area contributed by atoms with Crippen LogP contribution in [-0.4, -0.2) is 5.78 Å². The van der Waals surface area contributed by atoms with E-state index in [9.17, 15) is 4.79 Å². The van der Waals surface area contributed by atoms with Crippen LogP contribution in [0.25, 0.3) is 0 Å². The third-order valence-electron chi connectivity index (χ3n) is 2.33. The van der Waals surface area contributed by atoms with Crippen LogP contribution >= 0.6 is 15.9 Å². The number of allylic oxidation sites excluding steroid dienone is 1. The summed E-state index contributed by atoms with van der Waals surface area (Å²) in [5.41, 5.74) is 2.83. The van der Waals surface area contributed by atoms with Crippen LogP contribution in [0.15, 0.2) is 34.8 Å². The number of carbonyl (C=O) groups is 1. The number of ketones is 1. The van der Waals surface area contributed by atoms with E-state index in [2.05, 4.69) is 22.5 Å². The van der Waals surface area contributed by atoms with Crippen molar-refractivity contribution in [3.8, 4) is 0 Å². The van der Waals surface area contributed by atoms with E-state index in [0.29, 0.717) is 6.42 Å².